The zero-order valence-corrected chi connectivity index (χ0v) is 19.7. The third kappa shape index (κ3) is 4.32. The van der Waals surface area contributed by atoms with E-state index in [-0.39, 0.29) is 11.7 Å². The molecule has 0 saturated heterocycles. The first-order valence-electron chi connectivity index (χ1n) is 11.0. The van der Waals surface area contributed by atoms with Crippen molar-refractivity contribution in [1.82, 2.24) is 19.6 Å². The van der Waals surface area contributed by atoms with Crippen molar-refractivity contribution in [3.8, 4) is 17.1 Å². The Balaban J connectivity index is 1.47. The molecule has 0 spiro atoms. The SMILES string of the molecule is CCOc1ccccc1NC(=O)CSc1nc2ccccc2n2c(-c3ccc(C)cc3)nnc12. The maximum Gasteiger partial charge on any atom is 0.234 e. The van der Waals surface area contributed by atoms with E-state index in [0.29, 0.717) is 28.7 Å². The van der Waals surface area contributed by atoms with Gasteiger partial charge in [-0.3, -0.25) is 9.20 Å². The van der Waals surface area contributed by atoms with Crippen LogP contribution in [-0.2, 0) is 4.79 Å². The Morgan fingerprint density at radius 2 is 1.76 bits per heavy atom. The van der Waals surface area contributed by atoms with E-state index in [0.717, 1.165) is 22.4 Å². The number of amides is 1. The molecule has 34 heavy (non-hydrogen) atoms. The fraction of sp³-hybridized carbons (Fsp3) is 0.154. The van der Waals surface area contributed by atoms with Gasteiger partial charge in [0.05, 0.1) is 29.1 Å². The molecule has 3 aromatic carbocycles. The van der Waals surface area contributed by atoms with Crippen molar-refractivity contribution < 1.29 is 9.53 Å². The molecular weight excluding hydrogens is 446 g/mol. The van der Waals surface area contributed by atoms with Gasteiger partial charge in [0.1, 0.15) is 10.8 Å². The predicted octanol–water partition coefficient (Wildman–Crippen LogP) is 5.38. The van der Waals surface area contributed by atoms with Gasteiger partial charge in [-0.15, -0.1) is 10.2 Å². The minimum absolute atomic E-state index is 0.150. The number of ether oxygens (including phenoxy) is 1. The Bertz CT molecular complexity index is 1480. The van der Waals surface area contributed by atoms with Gasteiger partial charge in [0.2, 0.25) is 5.91 Å². The highest BCUT2D eigenvalue weighted by Crippen LogP contribution is 2.30. The summed E-state index contributed by atoms with van der Waals surface area (Å²) in [4.78, 5) is 17.5. The van der Waals surface area contributed by atoms with Crippen LogP contribution in [0.2, 0.25) is 0 Å². The number of nitrogens with zero attached hydrogens (tertiary/aromatic N) is 4. The van der Waals surface area contributed by atoms with Crippen molar-refractivity contribution in [2.24, 2.45) is 0 Å². The average molecular weight is 470 g/mol. The second kappa shape index (κ2) is 9.52. The van der Waals surface area contributed by atoms with Gasteiger partial charge in [-0.1, -0.05) is 65.9 Å². The number of fused-ring (bicyclic) bond motifs is 3. The molecule has 0 fully saturated rings. The van der Waals surface area contributed by atoms with E-state index in [1.807, 2.05) is 72.0 Å². The van der Waals surface area contributed by atoms with Crippen LogP contribution in [0.15, 0.2) is 77.8 Å². The van der Waals surface area contributed by atoms with E-state index in [2.05, 4.69) is 34.6 Å². The molecule has 0 aliphatic heterocycles. The standard InChI is InChI=1S/C26H23N5O2S/c1-3-33-22-11-7-5-9-20(22)27-23(32)16-34-26-25-30-29-24(18-14-12-17(2)13-15-18)31(25)21-10-6-4-8-19(21)28-26/h4-15H,3,16H2,1-2H3,(H,27,32). The summed E-state index contributed by atoms with van der Waals surface area (Å²) in [6, 6.07) is 23.5. The maximum atomic E-state index is 12.7. The molecule has 170 valence electrons. The topological polar surface area (TPSA) is 81.4 Å². The largest absolute Gasteiger partial charge is 0.492 e. The Morgan fingerprint density at radius 3 is 2.59 bits per heavy atom. The number of thioether (sulfide) groups is 1. The van der Waals surface area contributed by atoms with Crippen LogP contribution in [0.4, 0.5) is 5.69 Å². The Kier molecular flexibility index (Phi) is 6.14. The lowest BCUT2D eigenvalue weighted by molar-refractivity contribution is -0.113. The van der Waals surface area contributed by atoms with Crippen molar-refractivity contribution in [2.45, 2.75) is 18.9 Å². The summed E-state index contributed by atoms with van der Waals surface area (Å²) in [5.41, 5.74) is 5.15. The highest BCUT2D eigenvalue weighted by molar-refractivity contribution is 8.00. The Hall–Kier alpha value is -3.91. The molecule has 0 aliphatic carbocycles. The first kappa shape index (κ1) is 21.9. The third-order valence-electron chi connectivity index (χ3n) is 5.31. The number of benzene rings is 3. The molecule has 2 heterocycles. The summed E-state index contributed by atoms with van der Waals surface area (Å²) in [6.45, 7) is 4.49. The number of carbonyl (C=O) groups excluding carboxylic acids is 1. The van der Waals surface area contributed by atoms with Crippen molar-refractivity contribution >= 4 is 40.0 Å². The quantitative estimate of drug-likeness (QED) is 0.322. The third-order valence-corrected chi connectivity index (χ3v) is 6.26. The van der Waals surface area contributed by atoms with E-state index in [1.165, 1.54) is 17.3 Å². The highest BCUT2D eigenvalue weighted by atomic mass is 32.2. The Morgan fingerprint density at radius 1 is 1.00 bits per heavy atom. The molecule has 1 amide bonds. The number of anilines is 1. The summed E-state index contributed by atoms with van der Waals surface area (Å²) >= 11 is 1.33. The van der Waals surface area contributed by atoms with Gasteiger partial charge in [-0.05, 0) is 38.1 Å². The number of aromatic nitrogens is 4. The van der Waals surface area contributed by atoms with Gasteiger partial charge in [-0.25, -0.2) is 4.98 Å². The molecule has 0 unspecified atom stereocenters. The molecule has 0 bridgehead atoms. The molecule has 5 aromatic rings. The van der Waals surface area contributed by atoms with Crippen LogP contribution in [0.25, 0.3) is 28.1 Å². The van der Waals surface area contributed by atoms with Crippen molar-refractivity contribution in [1.29, 1.82) is 0 Å². The van der Waals surface area contributed by atoms with Crippen molar-refractivity contribution in [3.63, 3.8) is 0 Å². The van der Waals surface area contributed by atoms with E-state index in [9.17, 15) is 4.79 Å². The molecule has 0 saturated carbocycles. The molecule has 0 atom stereocenters. The number of para-hydroxylation sites is 4. The maximum absolute atomic E-state index is 12.7. The predicted molar refractivity (Wildman–Crippen MR) is 135 cm³/mol. The summed E-state index contributed by atoms with van der Waals surface area (Å²) in [5, 5.41) is 12.5. The summed E-state index contributed by atoms with van der Waals surface area (Å²) in [7, 11) is 0. The number of carbonyl (C=O) groups is 1. The monoisotopic (exact) mass is 469 g/mol. The van der Waals surface area contributed by atoms with Crippen LogP contribution in [0.1, 0.15) is 12.5 Å². The van der Waals surface area contributed by atoms with Crippen LogP contribution >= 0.6 is 11.8 Å². The van der Waals surface area contributed by atoms with Gasteiger partial charge in [0.15, 0.2) is 11.5 Å². The number of rotatable bonds is 7. The lowest BCUT2D eigenvalue weighted by atomic mass is 10.1. The van der Waals surface area contributed by atoms with Crippen LogP contribution in [0, 0.1) is 6.92 Å². The normalized spacial score (nSPS) is 11.1. The zero-order chi connectivity index (χ0) is 23.5. The van der Waals surface area contributed by atoms with E-state index in [4.69, 9.17) is 9.72 Å². The molecule has 0 radical (unpaired) electrons. The number of nitrogens with one attached hydrogen (secondary N) is 1. The molecule has 2 aromatic heterocycles. The smallest absolute Gasteiger partial charge is 0.234 e. The molecule has 0 aliphatic rings. The fourth-order valence-corrected chi connectivity index (χ4v) is 4.48. The number of hydrogen-bond acceptors (Lipinski definition) is 6. The minimum atomic E-state index is -0.150. The second-order valence-corrected chi connectivity index (χ2v) is 8.68. The van der Waals surface area contributed by atoms with Gasteiger partial charge >= 0.3 is 0 Å². The molecule has 7 nitrogen and oxygen atoms in total. The zero-order valence-electron chi connectivity index (χ0n) is 18.9. The van der Waals surface area contributed by atoms with Crippen LogP contribution in [-0.4, -0.2) is 37.8 Å². The second-order valence-electron chi connectivity index (χ2n) is 7.72. The average Bonchev–Trinajstić information content (AvgIpc) is 3.30. The summed E-state index contributed by atoms with van der Waals surface area (Å²) in [5.74, 6) is 1.41. The number of aryl methyl sites for hydroxylation is 1. The fourth-order valence-electron chi connectivity index (χ4n) is 3.72. The van der Waals surface area contributed by atoms with Gasteiger partial charge < -0.3 is 10.1 Å². The Labute approximate surface area is 201 Å². The number of hydrogen-bond donors (Lipinski definition) is 1. The first-order chi connectivity index (χ1) is 16.6. The van der Waals surface area contributed by atoms with Crippen molar-refractivity contribution in [3.05, 3.63) is 78.4 Å². The van der Waals surface area contributed by atoms with E-state index < -0.39 is 0 Å². The van der Waals surface area contributed by atoms with Gasteiger partial charge in [-0.2, -0.15) is 0 Å². The first-order valence-corrected chi connectivity index (χ1v) is 12.0. The van der Waals surface area contributed by atoms with Crippen LogP contribution < -0.4 is 10.1 Å². The van der Waals surface area contributed by atoms with Crippen LogP contribution in [0.5, 0.6) is 5.75 Å². The van der Waals surface area contributed by atoms with Crippen LogP contribution in [0.3, 0.4) is 0 Å². The van der Waals surface area contributed by atoms with E-state index >= 15 is 0 Å². The lowest BCUT2D eigenvalue weighted by Crippen LogP contribution is -2.15. The molecular formula is C26H23N5O2S. The van der Waals surface area contributed by atoms with Gasteiger partial charge in [0, 0.05) is 5.56 Å². The van der Waals surface area contributed by atoms with Gasteiger partial charge in [0.25, 0.3) is 0 Å². The molecule has 8 heteroatoms. The van der Waals surface area contributed by atoms with Crippen molar-refractivity contribution in [2.75, 3.05) is 17.7 Å². The molecule has 1 N–H and O–H groups in total. The minimum Gasteiger partial charge on any atom is -0.492 e. The summed E-state index contributed by atoms with van der Waals surface area (Å²) < 4.78 is 7.61. The molecule has 5 rings (SSSR count). The van der Waals surface area contributed by atoms with E-state index in [1.54, 1.807) is 0 Å². The summed E-state index contributed by atoms with van der Waals surface area (Å²) in [6.07, 6.45) is 0. The highest BCUT2D eigenvalue weighted by Gasteiger charge is 2.18. The lowest BCUT2D eigenvalue weighted by Gasteiger charge is -2.11.